The molecular formula is C15H19N3O2S. The summed E-state index contributed by atoms with van der Waals surface area (Å²) >= 11 is 0. The molecule has 0 saturated carbocycles. The molecule has 21 heavy (non-hydrogen) atoms. The number of sulfonamides is 1. The Morgan fingerprint density at radius 3 is 2.38 bits per heavy atom. The average molecular weight is 305 g/mol. The Labute approximate surface area is 125 Å². The van der Waals surface area contributed by atoms with Crippen LogP contribution in [-0.2, 0) is 10.0 Å². The van der Waals surface area contributed by atoms with Gasteiger partial charge in [-0.3, -0.25) is 4.72 Å². The zero-order valence-electron chi connectivity index (χ0n) is 12.6. The van der Waals surface area contributed by atoms with Gasteiger partial charge in [0, 0.05) is 11.9 Å². The van der Waals surface area contributed by atoms with Crippen LogP contribution >= 0.6 is 0 Å². The topological polar surface area (TPSA) is 85.1 Å². The van der Waals surface area contributed by atoms with Gasteiger partial charge in [-0.25, -0.2) is 13.4 Å². The highest BCUT2D eigenvalue weighted by atomic mass is 32.2. The van der Waals surface area contributed by atoms with E-state index >= 15 is 0 Å². The fourth-order valence-corrected chi connectivity index (χ4v) is 3.80. The molecule has 6 heteroatoms. The van der Waals surface area contributed by atoms with Crippen LogP contribution in [0.1, 0.15) is 22.3 Å². The first kappa shape index (κ1) is 15.3. The Bertz CT molecular complexity index is 773. The normalized spacial score (nSPS) is 11.4. The number of nitrogens with two attached hydrogens (primary N) is 1. The van der Waals surface area contributed by atoms with Crippen LogP contribution in [0.3, 0.4) is 0 Å². The molecule has 0 radical (unpaired) electrons. The molecule has 0 aliphatic rings. The van der Waals surface area contributed by atoms with E-state index in [0.717, 1.165) is 11.1 Å². The maximum atomic E-state index is 12.7. The molecule has 112 valence electrons. The quantitative estimate of drug-likeness (QED) is 0.854. The standard InChI is InChI=1S/C15H19N3O2S/c1-9-5-6-17-14(7-9)18-21(19,20)15-11(3)10(2)8-13(16)12(15)4/h5-8H,16H2,1-4H3,(H,17,18). The number of anilines is 2. The molecule has 0 bridgehead atoms. The van der Waals surface area contributed by atoms with E-state index < -0.39 is 10.0 Å². The zero-order valence-corrected chi connectivity index (χ0v) is 13.4. The molecule has 0 saturated heterocycles. The highest BCUT2D eigenvalue weighted by molar-refractivity contribution is 7.92. The van der Waals surface area contributed by atoms with Gasteiger partial charge in [0.1, 0.15) is 5.82 Å². The van der Waals surface area contributed by atoms with Crippen molar-refractivity contribution >= 4 is 21.5 Å². The molecule has 0 aliphatic carbocycles. The fourth-order valence-electron chi connectivity index (χ4n) is 2.22. The summed E-state index contributed by atoms with van der Waals surface area (Å²) in [5.74, 6) is 0.300. The number of aryl methyl sites for hydroxylation is 2. The van der Waals surface area contributed by atoms with E-state index in [1.165, 1.54) is 0 Å². The average Bonchev–Trinajstić information content (AvgIpc) is 2.35. The number of aromatic nitrogens is 1. The van der Waals surface area contributed by atoms with Gasteiger partial charge in [0.25, 0.3) is 10.0 Å². The van der Waals surface area contributed by atoms with Gasteiger partial charge in [-0.05, 0) is 68.1 Å². The van der Waals surface area contributed by atoms with Gasteiger partial charge in [0.05, 0.1) is 4.90 Å². The lowest BCUT2D eigenvalue weighted by Crippen LogP contribution is -2.18. The Morgan fingerprint density at radius 2 is 1.76 bits per heavy atom. The minimum absolute atomic E-state index is 0.225. The molecule has 3 N–H and O–H groups in total. The first-order valence-electron chi connectivity index (χ1n) is 6.54. The SMILES string of the molecule is Cc1ccnc(NS(=O)(=O)c2c(C)c(C)cc(N)c2C)c1. The molecule has 0 unspecified atom stereocenters. The molecular weight excluding hydrogens is 286 g/mol. The van der Waals surface area contributed by atoms with Gasteiger partial charge in [-0.1, -0.05) is 0 Å². The predicted octanol–water partition coefficient (Wildman–Crippen LogP) is 2.70. The first-order chi connectivity index (χ1) is 9.72. The number of nitrogens with one attached hydrogen (secondary N) is 1. The molecule has 0 spiro atoms. The summed E-state index contributed by atoms with van der Waals surface area (Å²) in [6.07, 6.45) is 1.57. The van der Waals surface area contributed by atoms with Crippen molar-refractivity contribution in [2.24, 2.45) is 0 Å². The van der Waals surface area contributed by atoms with E-state index in [4.69, 9.17) is 5.73 Å². The number of benzene rings is 1. The monoisotopic (exact) mass is 305 g/mol. The second kappa shape index (κ2) is 5.37. The highest BCUT2D eigenvalue weighted by Crippen LogP contribution is 2.29. The lowest BCUT2D eigenvalue weighted by atomic mass is 10.1. The van der Waals surface area contributed by atoms with Gasteiger partial charge in [-0.2, -0.15) is 0 Å². The minimum atomic E-state index is -3.73. The van der Waals surface area contributed by atoms with Crippen molar-refractivity contribution in [3.05, 3.63) is 46.6 Å². The summed E-state index contributed by atoms with van der Waals surface area (Å²) in [6.45, 7) is 7.20. The van der Waals surface area contributed by atoms with Crippen molar-refractivity contribution in [3.8, 4) is 0 Å². The lowest BCUT2D eigenvalue weighted by molar-refractivity contribution is 0.599. The molecule has 2 rings (SSSR count). The summed E-state index contributed by atoms with van der Waals surface area (Å²) in [5.41, 5.74) is 9.39. The zero-order chi connectivity index (χ0) is 15.8. The summed E-state index contributed by atoms with van der Waals surface area (Å²) in [7, 11) is -3.73. The van der Waals surface area contributed by atoms with E-state index in [0.29, 0.717) is 22.6 Å². The number of hydrogen-bond donors (Lipinski definition) is 2. The fraction of sp³-hybridized carbons (Fsp3) is 0.267. The van der Waals surface area contributed by atoms with Crippen molar-refractivity contribution in [3.63, 3.8) is 0 Å². The minimum Gasteiger partial charge on any atom is -0.398 e. The summed E-state index contributed by atoms with van der Waals surface area (Å²) in [4.78, 5) is 4.26. The van der Waals surface area contributed by atoms with E-state index in [1.807, 2.05) is 13.8 Å². The van der Waals surface area contributed by atoms with E-state index in [1.54, 1.807) is 38.2 Å². The van der Waals surface area contributed by atoms with Crippen LogP contribution in [0.15, 0.2) is 29.3 Å². The summed E-state index contributed by atoms with van der Waals surface area (Å²) in [6, 6.07) is 5.27. The lowest BCUT2D eigenvalue weighted by Gasteiger charge is -2.16. The highest BCUT2D eigenvalue weighted by Gasteiger charge is 2.22. The van der Waals surface area contributed by atoms with Gasteiger partial charge < -0.3 is 5.73 Å². The van der Waals surface area contributed by atoms with E-state index in [9.17, 15) is 8.42 Å². The number of rotatable bonds is 3. The number of hydrogen-bond acceptors (Lipinski definition) is 4. The third-order valence-electron chi connectivity index (χ3n) is 3.50. The van der Waals surface area contributed by atoms with Crippen LogP contribution in [0, 0.1) is 27.7 Å². The van der Waals surface area contributed by atoms with Crippen molar-refractivity contribution in [1.82, 2.24) is 4.98 Å². The number of nitrogens with zero attached hydrogens (tertiary/aromatic N) is 1. The van der Waals surface area contributed by atoms with Gasteiger partial charge >= 0.3 is 0 Å². The molecule has 5 nitrogen and oxygen atoms in total. The van der Waals surface area contributed by atoms with Crippen LogP contribution < -0.4 is 10.5 Å². The van der Waals surface area contributed by atoms with Crippen LogP contribution in [0.4, 0.5) is 11.5 Å². The molecule has 1 aromatic heterocycles. The Morgan fingerprint density at radius 1 is 1.10 bits per heavy atom. The molecule has 1 aromatic carbocycles. The van der Waals surface area contributed by atoms with Crippen molar-refractivity contribution in [2.75, 3.05) is 10.5 Å². The van der Waals surface area contributed by atoms with Gasteiger partial charge in [0.15, 0.2) is 0 Å². The molecule has 0 fully saturated rings. The number of nitrogen functional groups attached to an aromatic ring is 1. The van der Waals surface area contributed by atoms with Crippen LogP contribution in [-0.4, -0.2) is 13.4 Å². The molecule has 2 aromatic rings. The van der Waals surface area contributed by atoms with Crippen LogP contribution in [0.5, 0.6) is 0 Å². The van der Waals surface area contributed by atoms with Crippen LogP contribution in [0.25, 0.3) is 0 Å². The number of pyridine rings is 1. The summed E-state index contributed by atoms with van der Waals surface area (Å²) in [5, 5.41) is 0. The molecule has 1 heterocycles. The maximum absolute atomic E-state index is 12.7. The third-order valence-corrected chi connectivity index (χ3v) is 5.13. The van der Waals surface area contributed by atoms with Crippen molar-refractivity contribution in [2.45, 2.75) is 32.6 Å². The predicted molar refractivity (Wildman–Crippen MR) is 84.8 cm³/mol. The Balaban J connectivity index is 2.55. The van der Waals surface area contributed by atoms with Crippen molar-refractivity contribution < 1.29 is 8.42 Å². The van der Waals surface area contributed by atoms with E-state index in [-0.39, 0.29) is 4.90 Å². The van der Waals surface area contributed by atoms with Crippen molar-refractivity contribution in [1.29, 1.82) is 0 Å². The maximum Gasteiger partial charge on any atom is 0.263 e. The molecule has 0 amide bonds. The second-order valence-corrected chi connectivity index (χ2v) is 6.80. The molecule has 0 atom stereocenters. The third kappa shape index (κ3) is 3.00. The Kier molecular flexibility index (Phi) is 3.91. The second-order valence-electron chi connectivity index (χ2n) is 5.19. The van der Waals surface area contributed by atoms with Crippen LogP contribution in [0.2, 0.25) is 0 Å². The van der Waals surface area contributed by atoms with Gasteiger partial charge in [-0.15, -0.1) is 0 Å². The molecule has 0 aliphatic heterocycles. The van der Waals surface area contributed by atoms with Gasteiger partial charge in [0.2, 0.25) is 0 Å². The van der Waals surface area contributed by atoms with E-state index in [2.05, 4.69) is 9.71 Å². The smallest absolute Gasteiger partial charge is 0.263 e. The largest absolute Gasteiger partial charge is 0.398 e. The Hall–Kier alpha value is -2.08. The first-order valence-corrected chi connectivity index (χ1v) is 8.02. The summed E-state index contributed by atoms with van der Waals surface area (Å²) < 4.78 is 27.8.